The summed E-state index contributed by atoms with van der Waals surface area (Å²) in [5.74, 6) is 0.597. The Morgan fingerprint density at radius 2 is 1.93 bits per heavy atom. The molecule has 2 heterocycles. The van der Waals surface area contributed by atoms with Crippen LogP contribution in [0.3, 0.4) is 0 Å². The Morgan fingerprint density at radius 3 is 2.69 bits per heavy atom. The molecule has 6 nitrogen and oxygen atoms in total. The van der Waals surface area contributed by atoms with E-state index < -0.39 is 0 Å². The monoisotopic (exact) mass is 388 g/mol. The van der Waals surface area contributed by atoms with Crippen molar-refractivity contribution in [2.75, 3.05) is 7.05 Å². The van der Waals surface area contributed by atoms with Crippen LogP contribution in [0.1, 0.15) is 29.7 Å². The molecule has 0 saturated carbocycles. The van der Waals surface area contributed by atoms with Gasteiger partial charge in [0.2, 0.25) is 5.91 Å². The first-order chi connectivity index (χ1) is 14.1. The first-order valence-corrected chi connectivity index (χ1v) is 9.93. The summed E-state index contributed by atoms with van der Waals surface area (Å²) in [7, 11) is 1.83. The minimum Gasteiger partial charge on any atom is -0.341 e. The van der Waals surface area contributed by atoms with Gasteiger partial charge in [0.25, 0.3) is 5.56 Å². The predicted molar refractivity (Wildman–Crippen MR) is 111 cm³/mol. The second-order valence-corrected chi connectivity index (χ2v) is 7.54. The van der Waals surface area contributed by atoms with E-state index in [1.807, 2.05) is 49.5 Å². The first-order valence-electron chi connectivity index (χ1n) is 9.93. The van der Waals surface area contributed by atoms with E-state index >= 15 is 0 Å². The molecule has 0 radical (unpaired) electrons. The van der Waals surface area contributed by atoms with Crippen molar-refractivity contribution in [1.82, 2.24) is 19.9 Å². The van der Waals surface area contributed by atoms with E-state index in [0.717, 1.165) is 22.4 Å². The Labute approximate surface area is 169 Å². The molecule has 2 aromatic heterocycles. The van der Waals surface area contributed by atoms with Crippen molar-refractivity contribution < 1.29 is 4.79 Å². The third kappa shape index (κ3) is 4.26. The Morgan fingerprint density at radius 1 is 1.14 bits per heavy atom. The lowest BCUT2D eigenvalue weighted by Gasteiger charge is -2.22. The Hall–Kier alpha value is -3.28. The molecule has 0 saturated heterocycles. The number of carbonyl (C=O) groups excluding carboxylic acids is 1. The molecule has 1 amide bonds. The number of aromatic nitrogens is 3. The third-order valence-corrected chi connectivity index (χ3v) is 5.49. The van der Waals surface area contributed by atoms with Gasteiger partial charge in [0, 0.05) is 43.0 Å². The fourth-order valence-corrected chi connectivity index (χ4v) is 3.92. The summed E-state index contributed by atoms with van der Waals surface area (Å²) in [5.41, 5.74) is 3.34. The number of rotatable bonds is 4. The lowest BCUT2D eigenvalue weighted by Crippen LogP contribution is -2.32. The number of fused-ring (bicyclic) bond motifs is 1. The van der Waals surface area contributed by atoms with Gasteiger partial charge in [-0.3, -0.25) is 14.6 Å². The maximum Gasteiger partial charge on any atom is 0.254 e. The van der Waals surface area contributed by atoms with Crippen LogP contribution < -0.4 is 5.56 Å². The molecule has 0 aliphatic heterocycles. The van der Waals surface area contributed by atoms with Gasteiger partial charge < -0.3 is 9.88 Å². The van der Waals surface area contributed by atoms with E-state index in [0.29, 0.717) is 38.1 Å². The van der Waals surface area contributed by atoms with Crippen LogP contribution in [0.25, 0.3) is 11.4 Å². The summed E-state index contributed by atoms with van der Waals surface area (Å²) in [5, 5.41) is 0. The standard InChI is InChI=1S/C23H24N4O2/c1-27(15-16-6-5-13-24-14-16)23(29)18-9-11-19-20(12-10-18)25-21(26-22(19)28)17-7-3-2-4-8-17/h2-8,13-14,18H,9-12,15H2,1H3,(H,25,26,28). The molecule has 0 fully saturated rings. The van der Waals surface area contributed by atoms with Crippen LogP contribution >= 0.6 is 0 Å². The van der Waals surface area contributed by atoms with E-state index in [9.17, 15) is 9.59 Å². The zero-order valence-corrected chi connectivity index (χ0v) is 16.5. The number of nitrogens with zero attached hydrogens (tertiary/aromatic N) is 3. The van der Waals surface area contributed by atoms with Crippen molar-refractivity contribution in [2.24, 2.45) is 5.92 Å². The van der Waals surface area contributed by atoms with Crippen molar-refractivity contribution >= 4 is 5.91 Å². The maximum absolute atomic E-state index is 13.0. The average Bonchev–Trinajstić information content (AvgIpc) is 2.97. The van der Waals surface area contributed by atoms with Crippen molar-refractivity contribution in [3.63, 3.8) is 0 Å². The number of hydrogen-bond donors (Lipinski definition) is 1. The Bertz CT molecular complexity index is 1050. The van der Waals surface area contributed by atoms with Crippen molar-refractivity contribution in [3.05, 3.63) is 82.0 Å². The van der Waals surface area contributed by atoms with E-state index in [1.165, 1.54) is 0 Å². The highest BCUT2D eigenvalue weighted by atomic mass is 16.2. The van der Waals surface area contributed by atoms with Crippen LogP contribution in [0.5, 0.6) is 0 Å². The summed E-state index contributed by atoms with van der Waals surface area (Å²) in [6.07, 6.45) is 6.08. The molecule has 1 atom stereocenters. The Balaban J connectivity index is 1.50. The maximum atomic E-state index is 13.0. The van der Waals surface area contributed by atoms with Gasteiger partial charge in [-0.05, 0) is 37.3 Å². The molecule has 6 heteroatoms. The summed E-state index contributed by atoms with van der Waals surface area (Å²) < 4.78 is 0. The molecule has 0 spiro atoms. The summed E-state index contributed by atoms with van der Waals surface area (Å²) in [6.45, 7) is 0.535. The average molecular weight is 388 g/mol. The van der Waals surface area contributed by atoms with Gasteiger partial charge in [0.1, 0.15) is 5.82 Å². The van der Waals surface area contributed by atoms with Crippen LogP contribution in [0.15, 0.2) is 59.7 Å². The van der Waals surface area contributed by atoms with Crippen molar-refractivity contribution in [3.8, 4) is 11.4 Å². The normalized spacial score (nSPS) is 16.0. The molecule has 3 aromatic rings. The second-order valence-electron chi connectivity index (χ2n) is 7.54. The highest BCUT2D eigenvalue weighted by Crippen LogP contribution is 2.25. The fourth-order valence-electron chi connectivity index (χ4n) is 3.92. The minimum atomic E-state index is -0.106. The number of H-pyrrole nitrogens is 1. The number of benzene rings is 1. The lowest BCUT2D eigenvalue weighted by atomic mass is 9.98. The van der Waals surface area contributed by atoms with Crippen LogP contribution in [0.4, 0.5) is 0 Å². The summed E-state index contributed by atoms with van der Waals surface area (Å²) in [6, 6.07) is 13.5. The van der Waals surface area contributed by atoms with Crippen LogP contribution in [-0.4, -0.2) is 32.8 Å². The molecule has 1 N–H and O–H groups in total. The van der Waals surface area contributed by atoms with E-state index in [-0.39, 0.29) is 17.4 Å². The molecule has 4 rings (SSSR count). The summed E-state index contributed by atoms with van der Waals surface area (Å²) >= 11 is 0. The van der Waals surface area contributed by atoms with Crippen molar-refractivity contribution in [2.45, 2.75) is 32.2 Å². The minimum absolute atomic E-state index is 0.0920. The highest BCUT2D eigenvalue weighted by molar-refractivity contribution is 5.78. The van der Waals surface area contributed by atoms with Crippen LogP contribution in [0.2, 0.25) is 0 Å². The molecule has 1 aliphatic rings. The van der Waals surface area contributed by atoms with Gasteiger partial charge in [-0.2, -0.15) is 0 Å². The molecular weight excluding hydrogens is 364 g/mol. The number of aromatic amines is 1. The van der Waals surface area contributed by atoms with E-state index in [1.54, 1.807) is 17.3 Å². The zero-order chi connectivity index (χ0) is 20.2. The number of aryl methyl sites for hydroxylation is 1. The molecule has 0 bridgehead atoms. The Kier molecular flexibility index (Phi) is 5.51. The van der Waals surface area contributed by atoms with Gasteiger partial charge in [-0.1, -0.05) is 36.4 Å². The first kappa shape index (κ1) is 19.1. The topological polar surface area (TPSA) is 79.0 Å². The van der Waals surface area contributed by atoms with Gasteiger partial charge in [0.15, 0.2) is 0 Å². The lowest BCUT2D eigenvalue weighted by molar-refractivity contribution is -0.135. The van der Waals surface area contributed by atoms with Gasteiger partial charge >= 0.3 is 0 Å². The van der Waals surface area contributed by atoms with Crippen LogP contribution in [-0.2, 0) is 24.2 Å². The highest BCUT2D eigenvalue weighted by Gasteiger charge is 2.27. The number of pyridine rings is 1. The van der Waals surface area contributed by atoms with Gasteiger partial charge in [0.05, 0.1) is 5.69 Å². The smallest absolute Gasteiger partial charge is 0.254 e. The summed E-state index contributed by atoms with van der Waals surface area (Å²) in [4.78, 5) is 39.1. The molecule has 1 unspecified atom stereocenters. The molecule has 29 heavy (non-hydrogen) atoms. The van der Waals surface area contributed by atoms with Gasteiger partial charge in [-0.25, -0.2) is 4.98 Å². The number of carbonyl (C=O) groups is 1. The number of amides is 1. The predicted octanol–water partition coefficient (Wildman–Crippen LogP) is 2.99. The fraction of sp³-hybridized carbons (Fsp3) is 0.304. The SMILES string of the molecule is CN(Cc1cccnc1)C(=O)C1CCc2nc(-c3ccccc3)[nH]c(=O)c2CC1. The van der Waals surface area contributed by atoms with Crippen molar-refractivity contribution in [1.29, 1.82) is 0 Å². The molecular formula is C23H24N4O2. The second kappa shape index (κ2) is 8.39. The van der Waals surface area contributed by atoms with Gasteiger partial charge in [-0.15, -0.1) is 0 Å². The molecule has 1 aromatic carbocycles. The largest absolute Gasteiger partial charge is 0.341 e. The van der Waals surface area contributed by atoms with E-state index in [4.69, 9.17) is 4.98 Å². The number of hydrogen-bond acceptors (Lipinski definition) is 4. The number of nitrogens with one attached hydrogen (secondary N) is 1. The molecule has 148 valence electrons. The van der Waals surface area contributed by atoms with E-state index in [2.05, 4.69) is 9.97 Å². The quantitative estimate of drug-likeness (QED) is 0.697. The van der Waals surface area contributed by atoms with Crippen LogP contribution in [0, 0.1) is 5.92 Å². The third-order valence-electron chi connectivity index (χ3n) is 5.49. The molecule has 1 aliphatic carbocycles. The zero-order valence-electron chi connectivity index (χ0n) is 16.5.